The Kier molecular flexibility index (Phi) is 3.92. The fourth-order valence-corrected chi connectivity index (χ4v) is 3.28. The van der Waals surface area contributed by atoms with Gasteiger partial charge in [0.2, 0.25) is 0 Å². The van der Waals surface area contributed by atoms with Crippen molar-refractivity contribution in [3.63, 3.8) is 0 Å². The highest BCUT2D eigenvalue weighted by molar-refractivity contribution is 5.92. The molecule has 0 saturated carbocycles. The van der Waals surface area contributed by atoms with Gasteiger partial charge in [0.25, 0.3) is 5.91 Å². The van der Waals surface area contributed by atoms with E-state index < -0.39 is 0 Å². The number of hydrogen-bond donors (Lipinski definition) is 1. The maximum atomic E-state index is 12.6. The molecule has 1 amide bonds. The number of carbonyl (C=O) groups is 1. The van der Waals surface area contributed by atoms with Gasteiger partial charge in [0.15, 0.2) is 5.76 Å². The molecule has 0 unspecified atom stereocenters. The molecular weight excluding hydrogens is 276 g/mol. The lowest BCUT2D eigenvalue weighted by Crippen LogP contribution is -2.42. The number of likely N-dealkylation sites (tertiary alicyclic amines) is 1. The van der Waals surface area contributed by atoms with Gasteiger partial charge in [-0.05, 0) is 42.5 Å². The van der Waals surface area contributed by atoms with Gasteiger partial charge in [0.05, 0.1) is 0 Å². The Morgan fingerprint density at radius 2 is 1.91 bits per heavy atom. The molecule has 2 atom stereocenters. The molecule has 2 heterocycles. The third kappa shape index (κ3) is 3.01. The third-order valence-electron chi connectivity index (χ3n) is 4.14. The molecule has 1 fully saturated rings. The first kappa shape index (κ1) is 14.7. The summed E-state index contributed by atoms with van der Waals surface area (Å²) in [7, 11) is 0. The monoisotopic (exact) mass is 298 g/mol. The van der Waals surface area contributed by atoms with E-state index >= 15 is 0 Å². The highest BCUT2D eigenvalue weighted by atomic mass is 16.4. The Balaban J connectivity index is 1.80. The largest absolute Gasteiger partial charge is 0.451 e. The van der Waals surface area contributed by atoms with Crippen molar-refractivity contribution in [2.45, 2.75) is 20.3 Å². The van der Waals surface area contributed by atoms with E-state index in [1.54, 1.807) is 6.07 Å². The predicted octanol–water partition coefficient (Wildman–Crippen LogP) is 3.65. The molecule has 2 aromatic rings. The molecule has 3 rings (SSSR count). The predicted molar refractivity (Wildman–Crippen MR) is 87.4 cm³/mol. The number of nitrogen functional groups attached to an aromatic ring is 1. The molecule has 1 aromatic carbocycles. The zero-order valence-electron chi connectivity index (χ0n) is 13.1. The molecule has 1 aliphatic heterocycles. The molecule has 2 N–H and O–H groups in total. The minimum absolute atomic E-state index is 0.0199. The summed E-state index contributed by atoms with van der Waals surface area (Å²) < 4.78 is 5.76. The molecule has 4 heteroatoms. The number of nitrogens with two attached hydrogens (primary N) is 1. The summed E-state index contributed by atoms with van der Waals surface area (Å²) in [5.74, 6) is 2.13. The summed E-state index contributed by atoms with van der Waals surface area (Å²) in [5.41, 5.74) is 7.36. The molecule has 1 saturated heterocycles. The number of anilines is 1. The average Bonchev–Trinajstić information content (AvgIpc) is 2.95. The van der Waals surface area contributed by atoms with E-state index in [-0.39, 0.29) is 5.91 Å². The molecule has 0 bridgehead atoms. The molecule has 0 aliphatic carbocycles. The standard InChI is InChI=1S/C18H22N2O2/c1-12-8-13(2)11-20(10-12)18(21)17-7-6-16(22-17)14-4-3-5-15(19)9-14/h3-7,9,12-13H,8,10-11,19H2,1-2H3/t12-,13-/m1/s1. The maximum Gasteiger partial charge on any atom is 0.289 e. The van der Waals surface area contributed by atoms with Crippen molar-refractivity contribution in [2.75, 3.05) is 18.8 Å². The normalized spacial score (nSPS) is 21.8. The van der Waals surface area contributed by atoms with Gasteiger partial charge in [-0.3, -0.25) is 4.79 Å². The van der Waals surface area contributed by atoms with Crippen molar-refractivity contribution in [2.24, 2.45) is 11.8 Å². The van der Waals surface area contributed by atoms with Crippen LogP contribution in [-0.4, -0.2) is 23.9 Å². The van der Waals surface area contributed by atoms with E-state index in [0.29, 0.717) is 29.0 Å². The van der Waals surface area contributed by atoms with Gasteiger partial charge >= 0.3 is 0 Å². The van der Waals surface area contributed by atoms with Crippen LogP contribution in [0, 0.1) is 11.8 Å². The van der Waals surface area contributed by atoms with Crippen molar-refractivity contribution in [3.05, 3.63) is 42.2 Å². The Labute approximate surface area is 130 Å². The minimum atomic E-state index is -0.0199. The van der Waals surface area contributed by atoms with Crippen LogP contribution in [-0.2, 0) is 0 Å². The van der Waals surface area contributed by atoms with E-state index in [0.717, 1.165) is 18.7 Å². The smallest absolute Gasteiger partial charge is 0.289 e. The van der Waals surface area contributed by atoms with Crippen molar-refractivity contribution >= 4 is 11.6 Å². The van der Waals surface area contributed by atoms with Crippen molar-refractivity contribution in [1.29, 1.82) is 0 Å². The Morgan fingerprint density at radius 1 is 1.18 bits per heavy atom. The molecule has 1 aromatic heterocycles. The second-order valence-corrected chi connectivity index (χ2v) is 6.45. The Morgan fingerprint density at radius 3 is 2.59 bits per heavy atom. The summed E-state index contributed by atoms with van der Waals surface area (Å²) in [6.45, 7) is 5.99. The topological polar surface area (TPSA) is 59.5 Å². The van der Waals surface area contributed by atoms with Gasteiger partial charge in [-0.25, -0.2) is 0 Å². The summed E-state index contributed by atoms with van der Waals surface area (Å²) in [6, 6.07) is 11.1. The maximum absolute atomic E-state index is 12.6. The second kappa shape index (κ2) is 5.87. The molecule has 1 aliphatic rings. The van der Waals surface area contributed by atoms with Crippen LogP contribution in [0.25, 0.3) is 11.3 Å². The second-order valence-electron chi connectivity index (χ2n) is 6.45. The molecule has 116 valence electrons. The van der Waals surface area contributed by atoms with Crippen LogP contribution in [0.5, 0.6) is 0 Å². The first-order valence-corrected chi connectivity index (χ1v) is 7.78. The van der Waals surface area contributed by atoms with Crippen LogP contribution in [0.2, 0.25) is 0 Å². The van der Waals surface area contributed by atoms with Gasteiger partial charge < -0.3 is 15.1 Å². The van der Waals surface area contributed by atoms with Crippen LogP contribution in [0.3, 0.4) is 0 Å². The number of furan rings is 1. The van der Waals surface area contributed by atoms with Crippen LogP contribution in [0.4, 0.5) is 5.69 Å². The number of hydrogen-bond acceptors (Lipinski definition) is 3. The SMILES string of the molecule is C[C@@H]1C[C@@H](C)CN(C(=O)c2ccc(-c3cccc(N)c3)o2)C1. The van der Waals surface area contributed by atoms with E-state index in [2.05, 4.69) is 13.8 Å². The number of benzene rings is 1. The number of piperidine rings is 1. The summed E-state index contributed by atoms with van der Waals surface area (Å²) in [5, 5.41) is 0. The summed E-state index contributed by atoms with van der Waals surface area (Å²) >= 11 is 0. The van der Waals surface area contributed by atoms with Crippen molar-refractivity contribution < 1.29 is 9.21 Å². The van der Waals surface area contributed by atoms with Crippen LogP contribution in [0.15, 0.2) is 40.8 Å². The lowest BCUT2D eigenvalue weighted by atomic mass is 9.92. The highest BCUT2D eigenvalue weighted by Crippen LogP contribution is 2.26. The Hall–Kier alpha value is -2.23. The number of nitrogens with zero attached hydrogens (tertiary/aromatic N) is 1. The van der Waals surface area contributed by atoms with Gasteiger partial charge in [0, 0.05) is 24.3 Å². The lowest BCUT2D eigenvalue weighted by molar-refractivity contribution is 0.0592. The average molecular weight is 298 g/mol. The highest BCUT2D eigenvalue weighted by Gasteiger charge is 2.27. The zero-order chi connectivity index (χ0) is 15.7. The van der Waals surface area contributed by atoms with E-state index in [4.69, 9.17) is 10.2 Å². The van der Waals surface area contributed by atoms with Gasteiger partial charge in [-0.15, -0.1) is 0 Å². The molecular formula is C18H22N2O2. The molecule has 22 heavy (non-hydrogen) atoms. The first-order valence-electron chi connectivity index (χ1n) is 7.78. The van der Waals surface area contributed by atoms with E-state index in [9.17, 15) is 4.79 Å². The number of carbonyl (C=O) groups excluding carboxylic acids is 1. The lowest BCUT2D eigenvalue weighted by Gasteiger charge is -2.34. The summed E-state index contributed by atoms with van der Waals surface area (Å²) in [6.07, 6.45) is 1.18. The quantitative estimate of drug-likeness (QED) is 0.861. The first-order chi connectivity index (χ1) is 10.5. The number of amides is 1. The van der Waals surface area contributed by atoms with E-state index in [1.807, 2.05) is 35.2 Å². The van der Waals surface area contributed by atoms with Gasteiger partial charge in [-0.1, -0.05) is 26.0 Å². The molecule has 4 nitrogen and oxygen atoms in total. The van der Waals surface area contributed by atoms with Gasteiger partial charge in [0.1, 0.15) is 5.76 Å². The van der Waals surface area contributed by atoms with Gasteiger partial charge in [-0.2, -0.15) is 0 Å². The fraction of sp³-hybridized carbons (Fsp3) is 0.389. The third-order valence-corrected chi connectivity index (χ3v) is 4.14. The van der Waals surface area contributed by atoms with Crippen molar-refractivity contribution in [1.82, 2.24) is 4.90 Å². The number of rotatable bonds is 2. The molecule has 0 spiro atoms. The zero-order valence-corrected chi connectivity index (χ0v) is 13.1. The minimum Gasteiger partial charge on any atom is -0.451 e. The Bertz CT molecular complexity index is 667. The van der Waals surface area contributed by atoms with Crippen LogP contribution in [0.1, 0.15) is 30.8 Å². The summed E-state index contributed by atoms with van der Waals surface area (Å²) in [4.78, 5) is 14.5. The van der Waals surface area contributed by atoms with Crippen molar-refractivity contribution in [3.8, 4) is 11.3 Å². The van der Waals surface area contributed by atoms with E-state index in [1.165, 1.54) is 6.42 Å². The van der Waals surface area contributed by atoms with Crippen LogP contribution >= 0.6 is 0 Å². The van der Waals surface area contributed by atoms with Crippen LogP contribution < -0.4 is 5.73 Å². The molecule has 0 radical (unpaired) electrons. The fourth-order valence-electron chi connectivity index (χ4n) is 3.28.